The van der Waals surface area contributed by atoms with E-state index < -0.39 is 151 Å². The number of halogens is 1. The number of aliphatic hydroxyl groups is 1. The Kier molecular flexibility index (Phi) is 29.6. The fourth-order valence-electron chi connectivity index (χ4n) is 12.8. The number of hydrogen-bond acceptors (Lipinski definition) is 16. The van der Waals surface area contributed by atoms with E-state index in [4.69, 9.17) is 39.3 Å². The highest BCUT2D eigenvalue weighted by Gasteiger charge is 2.46. The number of guanidine groups is 1. The summed E-state index contributed by atoms with van der Waals surface area (Å²) >= 11 is 6.24. The van der Waals surface area contributed by atoms with Crippen LogP contribution < -0.4 is 65.5 Å². The Bertz CT molecular complexity index is 3930. The number of carbonyl (C=O) groups is 12. The fraction of sp³-hybridized carbons (Fsp3) is 0.446. The Morgan fingerprint density at radius 3 is 1.78 bits per heavy atom. The number of fused-ring (bicyclic) bond motifs is 1. The van der Waals surface area contributed by atoms with E-state index in [1.807, 2.05) is 54.6 Å². The Hall–Kier alpha value is -10.6. The molecule has 0 aromatic heterocycles. The smallest absolute Gasteiger partial charge is 0.325 e. The second-order valence-electron chi connectivity index (χ2n) is 27.0. The summed E-state index contributed by atoms with van der Waals surface area (Å²) in [4.78, 5) is 178. The van der Waals surface area contributed by atoms with Gasteiger partial charge in [0.1, 0.15) is 60.4 Å². The summed E-state index contributed by atoms with van der Waals surface area (Å²) in [6, 6.07) is 20.4. The van der Waals surface area contributed by atoms with Crippen LogP contribution in [0.15, 0.2) is 126 Å². The number of nitrogens with two attached hydrogens (primary N) is 4. The van der Waals surface area contributed by atoms with Gasteiger partial charge in [-0.25, -0.2) is 9.69 Å². The quantitative estimate of drug-likeness (QED) is 0.0109. The molecule has 5 aromatic rings. The van der Waals surface area contributed by atoms with Gasteiger partial charge in [-0.2, -0.15) is 0 Å². The second-order valence-corrected chi connectivity index (χ2v) is 27.4. The Morgan fingerprint density at radius 2 is 1.14 bits per heavy atom. The van der Waals surface area contributed by atoms with Crippen LogP contribution in [0.1, 0.15) is 93.5 Å². The van der Waals surface area contributed by atoms with Gasteiger partial charge in [0.2, 0.25) is 59.1 Å². The molecule has 3 aliphatic rings. The molecule has 0 bridgehead atoms. The third-order valence-electron chi connectivity index (χ3n) is 18.4. The number of urea groups is 1. The number of nitrogens with one attached hydrogen (secondary N) is 8. The molecule has 10 atom stereocenters. The average Bonchev–Trinajstić information content (AvgIpc) is 1.66. The van der Waals surface area contributed by atoms with Crippen LogP contribution in [0.25, 0.3) is 10.8 Å². The number of benzene rings is 5. The molecule has 17 N–H and O–H groups in total. The summed E-state index contributed by atoms with van der Waals surface area (Å²) in [5.74, 6) is -9.99. The Labute approximate surface area is 613 Å². The van der Waals surface area contributed by atoms with Crippen molar-refractivity contribution in [2.45, 2.75) is 158 Å². The van der Waals surface area contributed by atoms with Crippen LogP contribution >= 0.6 is 11.6 Å². The lowest BCUT2D eigenvalue weighted by molar-refractivity contribution is -0.142. The zero-order valence-corrected chi connectivity index (χ0v) is 59.8. The summed E-state index contributed by atoms with van der Waals surface area (Å²) in [7, 11) is 0. The first-order valence-electron chi connectivity index (χ1n) is 35.2. The molecule has 105 heavy (non-hydrogen) atoms. The first kappa shape index (κ1) is 80.1. The monoisotopic (exact) mass is 1470 g/mol. The van der Waals surface area contributed by atoms with Crippen molar-refractivity contribution in [2.75, 3.05) is 46.0 Å². The molecule has 3 saturated heterocycles. The van der Waals surface area contributed by atoms with Crippen molar-refractivity contribution in [1.29, 1.82) is 0 Å². The van der Waals surface area contributed by atoms with Crippen LogP contribution in [-0.2, 0) is 89.7 Å². The van der Waals surface area contributed by atoms with E-state index in [9.17, 15) is 57.8 Å². The summed E-state index contributed by atoms with van der Waals surface area (Å²) in [6.07, 6.45) is -0.745. The molecule has 3 aliphatic heterocycles. The topological polar surface area (TPSA) is 457 Å². The van der Waals surface area contributed by atoms with E-state index in [1.165, 1.54) is 11.8 Å². The maximum atomic E-state index is 15.1. The van der Waals surface area contributed by atoms with Gasteiger partial charge in [0.05, 0.1) is 19.8 Å². The molecule has 30 nitrogen and oxygen atoms in total. The van der Waals surface area contributed by atoms with Crippen LogP contribution in [0.3, 0.4) is 0 Å². The van der Waals surface area contributed by atoms with Crippen molar-refractivity contribution in [3.8, 4) is 0 Å². The molecule has 0 spiro atoms. The van der Waals surface area contributed by atoms with Crippen LogP contribution in [0.2, 0.25) is 5.02 Å². The van der Waals surface area contributed by atoms with Gasteiger partial charge in [-0.3, -0.25) is 62.6 Å². The molecule has 8 rings (SSSR count). The largest absolute Gasteiger partial charge is 0.394 e. The lowest BCUT2D eigenvalue weighted by Gasteiger charge is -2.31. The molecular weight excluding hydrogens is 1370 g/mol. The SMILES string of the molecule is CC(C)C[C@H](NC(=O)[C@@H](Cc1ccc(CN2CCOCC2)cc1)NC(=O)[C@H](CCC(N)=O)NC(=O)[C@H](CO)NC(=O)[C@@H](Cc1ccccc1)NC(=O)C(Cc1ccc(Cl)cc1)N1C(=O)NC(Cc2ccc3ccccc3c2)C1=O)C(=O)N[C@@H](CCCN=C(N)N)C(=O)N1CCC[C@H]1C(=O)N[C@H](C)C(N)=O. The van der Waals surface area contributed by atoms with Gasteiger partial charge < -0.3 is 80.2 Å². The standard InChI is InChI=1S/C74H95ClN16O14/c1-43(2)35-55(65(96)83-54(15-9-29-80-73(78)79)71(102)90-30-10-16-60(90)69(100)81-44(3)63(77)94)84-66(97)56(38-46-17-19-48(20-18-46)41-89-31-33-105-34-32-89)85-64(95)53(27-28-62(76)93)82-68(99)59(42-92)87-67(98)57(37-45-11-5-4-6-12-45)86-70(101)61(40-47-22-25-52(75)26-23-47)91-72(103)58(88-74(91)104)39-49-21-24-50-13-7-8-14-51(50)36-49/h4-8,11-14,17-26,36,43-44,53-61,92H,9-10,15-16,27-35,37-42H2,1-3H3,(H2,76,93)(H2,77,94)(H,81,100)(H,82,99)(H,83,96)(H,84,97)(H,85,95)(H,86,101)(H,87,98)(H,88,104)(H4,78,79,80)/t44-,53+,54+,55+,56-,57-,58?,59+,60+,61?/m1/s1. The van der Waals surface area contributed by atoms with Gasteiger partial charge >= 0.3 is 6.03 Å². The van der Waals surface area contributed by atoms with E-state index in [0.717, 1.165) is 26.8 Å². The number of imide groups is 1. The van der Waals surface area contributed by atoms with Gasteiger partial charge in [-0.05, 0) is 102 Å². The zero-order chi connectivity index (χ0) is 75.9. The molecule has 0 radical (unpaired) electrons. The maximum absolute atomic E-state index is 15.1. The Balaban J connectivity index is 1.03. The van der Waals surface area contributed by atoms with Crippen molar-refractivity contribution >= 4 is 99.3 Å². The molecule has 2 unspecified atom stereocenters. The van der Waals surface area contributed by atoms with E-state index >= 15 is 4.79 Å². The average molecular weight is 1470 g/mol. The van der Waals surface area contributed by atoms with E-state index in [2.05, 4.69) is 52.4 Å². The van der Waals surface area contributed by atoms with Crippen molar-refractivity contribution < 1.29 is 67.4 Å². The summed E-state index contributed by atoms with van der Waals surface area (Å²) < 4.78 is 5.52. The lowest BCUT2D eigenvalue weighted by Crippen LogP contribution is -2.61. The van der Waals surface area contributed by atoms with Crippen LogP contribution in [-0.4, -0.2) is 203 Å². The van der Waals surface area contributed by atoms with Crippen LogP contribution in [0.4, 0.5) is 4.79 Å². The van der Waals surface area contributed by atoms with E-state index in [1.54, 1.807) is 80.6 Å². The third-order valence-corrected chi connectivity index (χ3v) is 18.7. The van der Waals surface area contributed by atoms with Crippen molar-refractivity contribution in [3.05, 3.63) is 154 Å². The third kappa shape index (κ3) is 23.7. The number of nitrogens with zero attached hydrogens (tertiary/aromatic N) is 4. The molecule has 0 aliphatic carbocycles. The van der Waals surface area contributed by atoms with Gasteiger partial charge in [0.15, 0.2) is 5.96 Å². The molecule has 5 aromatic carbocycles. The predicted molar refractivity (Wildman–Crippen MR) is 390 cm³/mol. The van der Waals surface area contributed by atoms with Gasteiger partial charge in [0.25, 0.3) is 5.91 Å². The van der Waals surface area contributed by atoms with Gasteiger partial charge in [-0.1, -0.05) is 135 Å². The number of carbonyl (C=O) groups excluding carboxylic acids is 12. The van der Waals surface area contributed by atoms with E-state index in [-0.39, 0.29) is 76.3 Å². The molecule has 31 heteroatoms. The number of amides is 13. The second kappa shape index (κ2) is 38.8. The minimum Gasteiger partial charge on any atom is -0.394 e. The maximum Gasteiger partial charge on any atom is 0.325 e. The number of primary amides is 2. The van der Waals surface area contributed by atoms with Gasteiger partial charge in [0, 0.05) is 69.9 Å². The highest BCUT2D eigenvalue weighted by Crippen LogP contribution is 2.25. The molecule has 562 valence electrons. The van der Waals surface area contributed by atoms with Crippen LogP contribution in [0.5, 0.6) is 0 Å². The number of likely N-dealkylation sites (tertiary alicyclic amines) is 1. The number of morpholine rings is 1. The van der Waals surface area contributed by atoms with Crippen molar-refractivity contribution in [1.82, 2.24) is 57.2 Å². The van der Waals surface area contributed by atoms with Crippen molar-refractivity contribution in [3.63, 3.8) is 0 Å². The molecule has 13 amide bonds. The normalized spacial score (nSPS) is 17.5. The fourth-order valence-corrected chi connectivity index (χ4v) is 12.9. The first-order chi connectivity index (χ1) is 50.2. The predicted octanol–water partition coefficient (Wildman–Crippen LogP) is 0.132. The first-order valence-corrected chi connectivity index (χ1v) is 35.6. The van der Waals surface area contributed by atoms with Crippen LogP contribution in [0, 0.1) is 5.92 Å². The summed E-state index contributed by atoms with van der Waals surface area (Å²) in [5, 5.41) is 34.4. The number of hydrogen-bond donors (Lipinski definition) is 13. The summed E-state index contributed by atoms with van der Waals surface area (Å²) in [5.41, 5.74) is 25.5. The molecule has 3 fully saturated rings. The number of rotatable bonds is 37. The lowest BCUT2D eigenvalue weighted by atomic mass is 9.99. The Morgan fingerprint density at radius 1 is 0.600 bits per heavy atom. The molecular formula is C74H95ClN16O14. The number of aliphatic imine (C=N–C) groups is 1. The minimum atomic E-state index is -1.87. The highest BCUT2D eigenvalue weighted by atomic mass is 35.5. The molecule has 0 saturated carbocycles. The summed E-state index contributed by atoms with van der Waals surface area (Å²) in [6.45, 7) is 7.23. The van der Waals surface area contributed by atoms with Gasteiger partial charge in [-0.15, -0.1) is 0 Å². The zero-order valence-electron chi connectivity index (χ0n) is 59.1. The van der Waals surface area contributed by atoms with E-state index in [0.29, 0.717) is 61.0 Å². The minimum absolute atomic E-state index is 0.00239. The highest BCUT2D eigenvalue weighted by molar-refractivity contribution is 6.30. The number of aliphatic hydroxyl groups excluding tert-OH is 1. The molecule has 3 heterocycles. The van der Waals surface area contributed by atoms with Crippen molar-refractivity contribution in [2.24, 2.45) is 33.8 Å². The number of ether oxygens (including phenoxy) is 1.